The molecule has 0 aliphatic rings. The SMILES string of the molecule is CCCCCCC(C)ON=O.O=C(O)CCCBr. The summed E-state index contributed by atoms with van der Waals surface area (Å²) in [5.41, 5.74) is 0. The molecule has 0 aliphatic carbocycles. The Kier molecular flexibility index (Phi) is 17.9. The Bertz CT molecular complexity index is 203. The van der Waals surface area contributed by atoms with Crippen LogP contribution in [0, 0.1) is 4.91 Å². The van der Waals surface area contributed by atoms with E-state index in [0.29, 0.717) is 0 Å². The van der Waals surface area contributed by atoms with Crippen LogP contribution in [0.15, 0.2) is 5.34 Å². The summed E-state index contributed by atoms with van der Waals surface area (Å²) in [5.74, 6) is -0.723. The number of aliphatic carboxylic acids is 1. The Morgan fingerprint density at radius 2 is 2.00 bits per heavy atom. The first-order valence-electron chi connectivity index (χ1n) is 6.34. The predicted molar refractivity (Wildman–Crippen MR) is 75.8 cm³/mol. The molecule has 1 atom stereocenters. The summed E-state index contributed by atoms with van der Waals surface area (Å²) in [6, 6.07) is 0. The molecule has 1 N–H and O–H groups in total. The lowest BCUT2D eigenvalue weighted by atomic mass is 10.1. The second-order valence-electron chi connectivity index (χ2n) is 4.03. The number of alkyl halides is 1. The first kappa shape index (κ1) is 19.7. The molecule has 0 rings (SSSR count). The number of unbranched alkanes of at least 4 members (excludes halogenated alkanes) is 3. The first-order chi connectivity index (χ1) is 8.58. The molecule has 0 heterocycles. The van der Waals surface area contributed by atoms with Gasteiger partial charge in [-0.2, -0.15) is 0 Å². The largest absolute Gasteiger partial charge is 0.481 e. The molecule has 0 saturated heterocycles. The zero-order chi connectivity index (χ0) is 14.2. The number of rotatable bonds is 10. The van der Waals surface area contributed by atoms with Crippen molar-refractivity contribution in [3.8, 4) is 0 Å². The zero-order valence-electron chi connectivity index (χ0n) is 11.2. The molecule has 5 nitrogen and oxygen atoms in total. The minimum absolute atomic E-state index is 0.00986. The summed E-state index contributed by atoms with van der Waals surface area (Å²) in [6.07, 6.45) is 6.77. The summed E-state index contributed by atoms with van der Waals surface area (Å²) in [6.45, 7) is 4.04. The van der Waals surface area contributed by atoms with E-state index in [2.05, 4.69) is 33.0 Å². The third-order valence-electron chi connectivity index (χ3n) is 2.21. The third-order valence-corrected chi connectivity index (χ3v) is 2.77. The Balaban J connectivity index is 0. The van der Waals surface area contributed by atoms with Gasteiger partial charge in [0, 0.05) is 11.8 Å². The lowest BCUT2D eigenvalue weighted by Gasteiger charge is -2.05. The molecule has 0 saturated carbocycles. The van der Waals surface area contributed by atoms with Gasteiger partial charge < -0.3 is 9.94 Å². The number of carboxylic acid groups (broad SMARTS) is 1. The van der Waals surface area contributed by atoms with Gasteiger partial charge in [0.2, 0.25) is 0 Å². The molecule has 0 aliphatic heterocycles. The highest BCUT2D eigenvalue weighted by atomic mass is 79.9. The number of hydrogen-bond acceptors (Lipinski definition) is 4. The molecule has 0 aromatic heterocycles. The van der Waals surface area contributed by atoms with Gasteiger partial charge in [-0.1, -0.05) is 42.1 Å². The standard InChI is InChI=1S/C8H17NO2.C4H7BrO2/c1-3-4-5-6-7-8(2)11-9-10;5-3-1-2-4(6)7/h8H,3-7H2,1-2H3;1-3H2,(H,6,7). The predicted octanol–water partition coefficient (Wildman–Crippen LogP) is 4.29. The molecule has 0 aromatic carbocycles. The van der Waals surface area contributed by atoms with Crippen LogP contribution in [-0.4, -0.2) is 22.5 Å². The molecule has 1 unspecified atom stereocenters. The lowest BCUT2D eigenvalue weighted by Crippen LogP contribution is -2.02. The van der Waals surface area contributed by atoms with E-state index >= 15 is 0 Å². The minimum Gasteiger partial charge on any atom is -0.481 e. The quantitative estimate of drug-likeness (QED) is 0.281. The van der Waals surface area contributed by atoms with Gasteiger partial charge in [-0.15, -0.1) is 4.91 Å². The normalized spacial score (nSPS) is 11.1. The smallest absolute Gasteiger partial charge is 0.303 e. The van der Waals surface area contributed by atoms with Gasteiger partial charge in [0.1, 0.15) is 6.10 Å². The molecule has 0 fully saturated rings. The van der Waals surface area contributed by atoms with Crippen LogP contribution in [0.3, 0.4) is 0 Å². The fraction of sp³-hybridized carbons (Fsp3) is 0.917. The lowest BCUT2D eigenvalue weighted by molar-refractivity contribution is -0.137. The number of carboxylic acids is 1. The molecule has 0 bridgehead atoms. The molecule has 0 spiro atoms. The van der Waals surface area contributed by atoms with E-state index in [1.807, 2.05) is 6.92 Å². The first-order valence-corrected chi connectivity index (χ1v) is 7.46. The van der Waals surface area contributed by atoms with E-state index in [9.17, 15) is 9.70 Å². The van der Waals surface area contributed by atoms with E-state index in [1.165, 1.54) is 19.3 Å². The number of nitrogens with zero attached hydrogens (tertiary/aromatic N) is 1. The maximum atomic E-state index is 9.74. The highest BCUT2D eigenvalue weighted by Crippen LogP contribution is 2.07. The number of hydrogen-bond donors (Lipinski definition) is 1. The van der Waals surface area contributed by atoms with Crippen LogP contribution in [-0.2, 0) is 9.63 Å². The second kappa shape index (κ2) is 16.4. The number of carbonyl (C=O) groups is 1. The molecule has 0 aromatic rings. The molecule has 0 radical (unpaired) electrons. The Morgan fingerprint density at radius 1 is 1.33 bits per heavy atom. The summed E-state index contributed by atoms with van der Waals surface area (Å²) in [5, 5.41) is 11.2. The molecule has 108 valence electrons. The summed E-state index contributed by atoms with van der Waals surface area (Å²) in [4.78, 5) is 23.9. The van der Waals surface area contributed by atoms with Gasteiger partial charge in [-0.3, -0.25) is 4.79 Å². The minimum atomic E-state index is -0.723. The van der Waals surface area contributed by atoms with Crippen LogP contribution in [0.5, 0.6) is 0 Å². The average Bonchev–Trinajstić information content (AvgIpc) is 2.33. The Hall–Kier alpha value is -0.650. The summed E-state index contributed by atoms with van der Waals surface area (Å²) in [7, 11) is 0. The Morgan fingerprint density at radius 3 is 2.39 bits per heavy atom. The van der Waals surface area contributed by atoms with Crippen molar-refractivity contribution in [3.63, 3.8) is 0 Å². The molecule has 0 amide bonds. The van der Waals surface area contributed by atoms with Crippen LogP contribution >= 0.6 is 15.9 Å². The van der Waals surface area contributed by atoms with Crippen molar-refractivity contribution < 1.29 is 14.7 Å². The van der Waals surface area contributed by atoms with E-state index in [4.69, 9.17) is 5.11 Å². The van der Waals surface area contributed by atoms with Gasteiger partial charge >= 0.3 is 5.97 Å². The van der Waals surface area contributed by atoms with Crippen LogP contribution < -0.4 is 0 Å². The van der Waals surface area contributed by atoms with Crippen molar-refractivity contribution in [2.45, 2.75) is 64.9 Å². The third kappa shape index (κ3) is 20.7. The molecule has 18 heavy (non-hydrogen) atoms. The van der Waals surface area contributed by atoms with Crippen molar-refractivity contribution in [1.29, 1.82) is 0 Å². The van der Waals surface area contributed by atoms with Gasteiger partial charge in [0.05, 0.1) is 0 Å². The van der Waals surface area contributed by atoms with Crippen LogP contribution in [0.4, 0.5) is 0 Å². The van der Waals surface area contributed by atoms with Crippen LogP contribution in [0.1, 0.15) is 58.8 Å². The van der Waals surface area contributed by atoms with Crippen molar-refractivity contribution in [3.05, 3.63) is 4.91 Å². The van der Waals surface area contributed by atoms with Crippen molar-refractivity contribution in [2.24, 2.45) is 5.34 Å². The zero-order valence-corrected chi connectivity index (χ0v) is 12.8. The molecular weight excluding hydrogens is 302 g/mol. The van der Waals surface area contributed by atoms with E-state index in [1.54, 1.807) is 0 Å². The van der Waals surface area contributed by atoms with Crippen molar-refractivity contribution in [2.75, 3.05) is 5.33 Å². The van der Waals surface area contributed by atoms with Crippen LogP contribution in [0.2, 0.25) is 0 Å². The van der Waals surface area contributed by atoms with E-state index < -0.39 is 5.97 Å². The van der Waals surface area contributed by atoms with Crippen molar-refractivity contribution >= 4 is 21.9 Å². The topological polar surface area (TPSA) is 76.0 Å². The number of halogens is 1. The highest BCUT2D eigenvalue weighted by molar-refractivity contribution is 9.09. The highest BCUT2D eigenvalue weighted by Gasteiger charge is 2.00. The van der Waals surface area contributed by atoms with E-state index in [-0.39, 0.29) is 12.5 Å². The Labute approximate surface area is 117 Å². The maximum absolute atomic E-state index is 9.74. The van der Waals surface area contributed by atoms with Gasteiger partial charge in [-0.25, -0.2) is 0 Å². The van der Waals surface area contributed by atoms with Gasteiger partial charge in [-0.05, 0) is 26.2 Å². The summed E-state index contributed by atoms with van der Waals surface area (Å²) >= 11 is 3.11. The van der Waals surface area contributed by atoms with Crippen molar-refractivity contribution in [1.82, 2.24) is 0 Å². The van der Waals surface area contributed by atoms with Crippen LogP contribution in [0.25, 0.3) is 0 Å². The molecular formula is C12H24BrNO4. The monoisotopic (exact) mass is 325 g/mol. The maximum Gasteiger partial charge on any atom is 0.303 e. The fourth-order valence-electron chi connectivity index (χ4n) is 1.20. The summed E-state index contributed by atoms with van der Waals surface area (Å²) < 4.78 is 0. The average molecular weight is 326 g/mol. The second-order valence-corrected chi connectivity index (χ2v) is 4.82. The fourth-order valence-corrected chi connectivity index (χ4v) is 1.48. The van der Waals surface area contributed by atoms with Gasteiger partial charge in [0.15, 0.2) is 5.34 Å². The van der Waals surface area contributed by atoms with Gasteiger partial charge in [0.25, 0.3) is 0 Å². The molecule has 6 heteroatoms. The van der Waals surface area contributed by atoms with E-state index in [0.717, 1.165) is 24.6 Å².